The Morgan fingerprint density at radius 3 is 2.66 bits per heavy atom. The summed E-state index contributed by atoms with van der Waals surface area (Å²) >= 11 is 1.23. The molecule has 1 aromatic carbocycles. The molecule has 156 valence electrons. The van der Waals surface area contributed by atoms with Crippen molar-refractivity contribution in [2.45, 2.75) is 47.1 Å². The van der Waals surface area contributed by atoms with E-state index in [0.717, 1.165) is 12.8 Å². The first-order valence-corrected chi connectivity index (χ1v) is 12.3. The molecule has 1 aromatic heterocycles. The monoisotopic (exact) mass is 434 g/mol. The molecule has 4 rings (SSSR count). The fourth-order valence-electron chi connectivity index (χ4n) is 4.28. The van der Waals surface area contributed by atoms with Crippen molar-refractivity contribution in [1.29, 1.82) is 0 Å². The quantitative estimate of drug-likeness (QED) is 0.772. The third-order valence-electron chi connectivity index (χ3n) is 6.12. The van der Waals surface area contributed by atoms with Gasteiger partial charge in [0.2, 0.25) is 0 Å². The summed E-state index contributed by atoms with van der Waals surface area (Å²) in [5, 5.41) is 7.31. The number of ether oxygens (including phenoxy) is 1. The van der Waals surface area contributed by atoms with Crippen molar-refractivity contribution < 1.29 is 17.9 Å². The first-order chi connectivity index (χ1) is 13.9. The van der Waals surface area contributed by atoms with Gasteiger partial charge in [0.25, 0.3) is 0 Å². The number of benzene rings is 1. The number of fused-ring (bicyclic) bond motifs is 1. The minimum atomic E-state index is -3.29. The van der Waals surface area contributed by atoms with Crippen molar-refractivity contribution in [3.63, 3.8) is 0 Å². The van der Waals surface area contributed by atoms with Crippen LogP contribution in [0.5, 0.6) is 0 Å². The Labute approximate surface area is 175 Å². The molecule has 0 saturated carbocycles. The van der Waals surface area contributed by atoms with Gasteiger partial charge in [-0.05, 0) is 43.2 Å². The van der Waals surface area contributed by atoms with Crippen LogP contribution >= 0.6 is 11.3 Å². The lowest BCUT2D eigenvalue weighted by Crippen LogP contribution is -2.48. The number of carbonyl (C=O) groups excluding carboxylic acids is 1. The minimum absolute atomic E-state index is 0.145. The second-order valence-corrected chi connectivity index (χ2v) is 11.4. The zero-order valence-electron chi connectivity index (χ0n) is 16.4. The van der Waals surface area contributed by atoms with Gasteiger partial charge in [-0.1, -0.05) is 30.3 Å². The highest BCUT2D eigenvalue weighted by Crippen LogP contribution is 2.39. The zero-order chi connectivity index (χ0) is 20.5. The maximum atomic E-state index is 12.7. The van der Waals surface area contributed by atoms with Gasteiger partial charge in [0.05, 0.1) is 11.3 Å². The molecule has 2 aliphatic rings. The second-order valence-electron chi connectivity index (χ2n) is 7.89. The van der Waals surface area contributed by atoms with Crippen LogP contribution in [0, 0.1) is 0 Å². The summed E-state index contributed by atoms with van der Waals surface area (Å²) in [5.74, 6) is 0. The molecular formula is C21H26N2O4S2. The smallest absolute Gasteiger partial charge is 0.315 e. The van der Waals surface area contributed by atoms with Crippen molar-refractivity contribution in [1.82, 2.24) is 10.6 Å². The lowest BCUT2D eigenvalue weighted by atomic mass is 9.74. The average Bonchev–Trinajstić information content (AvgIpc) is 3.24. The standard InChI is InChI=1S/C21H26N2O4S2/c1-15-13-18(17-7-12-28-19(17)29(15,25)26)23-20(24)22-14-21(8-10-27-11-9-21)16-5-3-2-4-6-16/h2-7,12,15,18H,8-11,13-14H2,1H3,(H2,22,23,24)/t15-,18-/m0/s1. The number of rotatable bonds is 4. The summed E-state index contributed by atoms with van der Waals surface area (Å²) in [6, 6.07) is 11.5. The highest BCUT2D eigenvalue weighted by molar-refractivity contribution is 7.94. The number of hydrogen-bond acceptors (Lipinski definition) is 5. The molecule has 2 atom stereocenters. The van der Waals surface area contributed by atoms with Gasteiger partial charge in [0, 0.05) is 30.7 Å². The van der Waals surface area contributed by atoms with Crippen molar-refractivity contribution in [3.8, 4) is 0 Å². The van der Waals surface area contributed by atoms with E-state index in [9.17, 15) is 13.2 Å². The van der Waals surface area contributed by atoms with Crippen molar-refractivity contribution in [2.24, 2.45) is 0 Å². The van der Waals surface area contributed by atoms with E-state index in [1.807, 2.05) is 18.2 Å². The topological polar surface area (TPSA) is 84.5 Å². The van der Waals surface area contributed by atoms with E-state index in [0.29, 0.717) is 36.0 Å². The Morgan fingerprint density at radius 1 is 1.21 bits per heavy atom. The van der Waals surface area contributed by atoms with Crippen LogP contribution in [0.3, 0.4) is 0 Å². The van der Waals surface area contributed by atoms with Gasteiger partial charge in [-0.2, -0.15) is 0 Å². The average molecular weight is 435 g/mol. The molecule has 0 radical (unpaired) electrons. The Bertz CT molecular complexity index is 966. The van der Waals surface area contributed by atoms with Crippen LogP contribution < -0.4 is 10.6 Å². The number of nitrogens with one attached hydrogen (secondary N) is 2. The number of amides is 2. The van der Waals surface area contributed by atoms with Crippen LogP contribution in [0.2, 0.25) is 0 Å². The molecule has 1 fully saturated rings. The highest BCUT2D eigenvalue weighted by atomic mass is 32.2. The summed E-state index contributed by atoms with van der Waals surface area (Å²) < 4.78 is 30.9. The van der Waals surface area contributed by atoms with Crippen LogP contribution in [-0.2, 0) is 20.0 Å². The molecule has 0 aliphatic carbocycles. The van der Waals surface area contributed by atoms with Gasteiger partial charge in [-0.25, -0.2) is 13.2 Å². The number of thiophene rings is 1. The summed E-state index contributed by atoms with van der Waals surface area (Å²) in [6.45, 7) is 3.57. The molecule has 2 amide bonds. The fourth-order valence-corrected chi connectivity index (χ4v) is 7.51. The second kappa shape index (κ2) is 8.08. The summed E-state index contributed by atoms with van der Waals surface area (Å²) in [4.78, 5) is 12.7. The summed E-state index contributed by atoms with van der Waals surface area (Å²) in [6.07, 6.45) is 2.09. The van der Waals surface area contributed by atoms with Crippen molar-refractivity contribution in [2.75, 3.05) is 19.8 Å². The molecule has 1 saturated heterocycles. The molecule has 0 bridgehead atoms. The van der Waals surface area contributed by atoms with Gasteiger partial charge in [-0.15, -0.1) is 11.3 Å². The van der Waals surface area contributed by atoms with E-state index in [-0.39, 0.29) is 17.5 Å². The van der Waals surface area contributed by atoms with Crippen LogP contribution in [0.25, 0.3) is 0 Å². The number of sulfone groups is 1. The van der Waals surface area contributed by atoms with Crippen molar-refractivity contribution in [3.05, 3.63) is 52.9 Å². The first kappa shape index (κ1) is 20.4. The number of hydrogen-bond donors (Lipinski definition) is 2. The first-order valence-electron chi connectivity index (χ1n) is 9.91. The molecule has 6 nitrogen and oxygen atoms in total. The Balaban J connectivity index is 1.46. The lowest BCUT2D eigenvalue weighted by molar-refractivity contribution is 0.0506. The molecule has 0 unspecified atom stereocenters. The molecule has 29 heavy (non-hydrogen) atoms. The Kier molecular flexibility index (Phi) is 5.68. The van der Waals surface area contributed by atoms with Crippen molar-refractivity contribution >= 4 is 27.2 Å². The summed E-state index contributed by atoms with van der Waals surface area (Å²) in [5.41, 5.74) is 1.77. The minimum Gasteiger partial charge on any atom is -0.381 e. The number of urea groups is 1. The third-order valence-corrected chi connectivity index (χ3v) is 9.83. The fraction of sp³-hybridized carbons (Fsp3) is 0.476. The van der Waals surface area contributed by atoms with Crippen LogP contribution in [0.15, 0.2) is 46.0 Å². The SMILES string of the molecule is C[C@H]1C[C@H](NC(=O)NCC2(c3ccccc3)CCOCC2)c2ccsc2S1(=O)=O. The number of carbonyl (C=O) groups is 1. The third kappa shape index (κ3) is 3.93. The predicted molar refractivity (Wildman–Crippen MR) is 113 cm³/mol. The van der Waals surface area contributed by atoms with E-state index in [1.165, 1.54) is 16.9 Å². The lowest BCUT2D eigenvalue weighted by Gasteiger charge is -2.38. The summed E-state index contributed by atoms with van der Waals surface area (Å²) in [7, 11) is -3.29. The molecule has 2 N–H and O–H groups in total. The van der Waals surface area contributed by atoms with E-state index in [4.69, 9.17) is 4.74 Å². The Morgan fingerprint density at radius 2 is 1.93 bits per heavy atom. The molecular weight excluding hydrogens is 408 g/mol. The normalized spacial score (nSPS) is 25.0. The largest absolute Gasteiger partial charge is 0.381 e. The van der Waals surface area contributed by atoms with Crippen LogP contribution in [0.1, 0.15) is 43.4 Å². The maximum absolute atomic E-state index is 12.7. The molecule has 3 heterocycles. The van der Waals surface area contributed by atoms with E-state index in [1.54, 1.807) is 18.4 Å². The van der Waals surface area contributed by atoms with Crippen LogP contribution in [0.4, 0.5) is 4.79 Å². The van der Waals surface area contributed by atoms with E-state index in [2.05, 4.69) is 22.8 Å². The van der Waals surface area contributed by atoms with Gasteiger partial charge < -0.3 is 15.4 Å². The predicted octanol–water partition coefficient (Wildman–Crippen LogP) is 3.40. The molecule has 8 heteroatoms. The molecule has 0 spiro atoms. The maximum Gasteiger partial charge on any atom is 0.315 e. The van der Waals surface area contributed by atoms with Gasteiger partial charge >= 0.3 is 6.03 Å². The molecule has 2 aromatic rings. The van der Waals surface area contributed by atoms with Gasteiger partial charge in [-0.3, -0.25) is 0 Å². The molecule has 2 aliphatic heterocycles. The highest BCUT2D eigenvalue weighted by Gasteiger charge is 2.39. The zero-order valence-corrected chi connectivity index (χ0v) is 18.0. The van der Waals surface area contributed by atoms with E-state index >= 15 is 0 Å². The van der Waals surface area contributed by atoms with Gasteiger partial charge in [0.15, 0.2) is 9.84 Å². The van der Waals surface area contributed by atoms with E-state index < -0.39 is 15.1 Å². The Hall–Kier alpha value is -1.90. The van der Waals surface area contributed by atoms with Gasteiger partial charge in [0.1, 0.15) is 4.21 Å². The van der Waals surface area contributed by atoms with Crippen LogP contribution in [-0.4, -0.2) is 39.5 Å².